The molecule has 0 spiro atoms. The molecule has 21 heavy (non-hydrogen) atoms. The summed E-state index contributed by atoms with van der Waals surface area (Å²) < 4.78 is 0. The molecular formula is C15H27N5O. The Balaban J connectivity index is 3.00. The van der Waals surface area contributed by atoms with Crippen molar-refractivity contribution in [2.75, 3.05) is 30.8 Å². The molecule has 6 nitrogen and oxygen atoms in total. The predicted molar refractivity (Wildman–Crippen MR) is 86.5 cm³/mol. The third-order valence-electron chi connectivity index (χ3n) is 3.14. The number of amides is 1. The van der Waals surface area contributed by atoms with E-state index in [1.807, 2.05) is 46.6 Å². The van der Waals surface area contributed by atoms with E-state index in [1.165, 1.54) is 0 Å². The van der Waals surface area contributed by atoms with Gasteiger partial charge in [0.2, 0.25) is 5.91 Å². The number of aromatic nitrogens is 2. The van der Waals surface area contributed by atoms with E-state index in [1.54, 1.807) is 0 Å². The molecule has 1 heterocycles. The van der Waals surface area contributed by atoms with Crippen LogP contribution in [0.3, 0.4) is 0 Å². The molecule has 1 aromatic heterocycles. The zero-order valence-electron chi connectivity index (χ0n) is 13.9. The van der Waals surface area contributed by atoms with Crippen LogP contribution in [0.25, 0.3) is 0 Å². The Labute approximate surface area is 127 Å². The molecule has 3 N–H and O–H groups in total. The third kappa shape index (κ3) is 4.58. The van der Waals surface area contributed by atoms with Gasteiger partial charge in [0.05, 0.1) is 6.54 Å². The molecule has 0 fully saturated rings. The van der Waals surface area contributed by atoms with Gasteiger partial charge in [-0.1, -0.05) is 27.7 Å². The van der Waals surface area contributed by atoms with Crippen molar-refractivity contribution < 1.29 is 4.79 Å². The van der Waals surface area contributed by atoms with Crippen LogP contribution in [0, 0.1) is 6.92 Å². The lowest BCUT2D eigenvalue weighted by Crippen LogP contribution is -2.36. The highest BCUT2D eigenvalue weighted by Gasteiger charge is 2.22. The van der Waals surface area contributed by atoms with Crippen LogP contribution < -0.4 is 16.0 Å². The largest absolute Gasteiger partial charge is 0.383 e. The Morgan fingerprint density at radius 2 is 1.95 bits per heavy atom. The molecular weight excluding hydrogens is 266 g/mol. The number of carbonyl (C=O) groups is 1. The fourth-order valence-corrected chi connectivity index (χ4v) is 1.84. The van der Waals surface area contributed by atoms with E-state index in [0.29, 0.717) is 24.0 Å². The summed E-state index contributed by atoms with van der Waals surface area (Å²) in [6.07, 6.45) is 0.920. The van der Waals surface area contributed by atoms with Crippen molar-refractivity contribution in [3.63, 3.8) is 0 Å². The minimum absolute atomic E-state index is 0.0201. The summed E-state index contributed by atoms with van der Waals surface area (Å²) in [5.74, 6) is 1.83. The lowest BCUT2D eigenvalue weighted by molar-refractivity contribution is -0.119. The van der Waals surface area contributed by atoms with Gasteiger partial charge in [0, 0.05) is 24.6 Å². The fourth-order valence-electron chi connectivity index (χ4n) is 1.84. The smallest absolute Gasteiger partial charge is 0.239 e. The quantitative estimate of drug-likeness (QED) is 0.862. The molecule has 0 atom stereocenters. The van der Waals surface area contributed by atoms with Crippen LogP contribution in [-0.2, 0) is 10.2 Å². The van der Waals surface area contributed by atoms with Crippen molar-refractivity contribution in [3.05, 3.63) is 11.4 Å². The summed E-state index contributed by atoms with van der Waals surface area (Å²) in [6.45, 7) is 10.9. The minimum Gasteiger partial charge on any atom is -0.383 e. The first-order chi connectivity index (χ1) is 9.66. The Bertz CT molecular complexity index is 508. The van der Waals surface area contributed by atoms with Crippen LogP contribution in [0.5, 0.6) is 0 Å². The maximum atomic E-state index is 11.8. The summed E-state index contributed by atoms with van der Waals surface area (Å²) in [6, 6.07) is 0. The van der Waals surface area contributed by atoms with E-state index in [0.717, 1.165) is 12.0 Å². The van der Waals surface area contributed by atoms with Gasteiger partial charge in [-0.15, -0.1) is 0 Å². The first-order valence-electron chi connectivity index (χ1n) is 7.29. The summed E-state index contributed by atoms with van der Waals surface area (Å²) >= 11 is 0. The molecule has 1 aromatic rings. The van der Waals surface area contributed by atoms with E-state index in [9.17, 15) is 4.79 Å². The number of anilines is 2. The van der Waals surface area contributed by atoms with Crippen molar-refractivity contribution in [1.82, 2.24) is 15.3 Å². The van der Waals surface area contributed by atoms with Gasteiger partial charge in [-0.3, -0.25) is 4.79 Å². The molecule has 6 heteroatoms. The number of carbonyl (C=O) groups excluding carboxylic acids is 1. The molecule has 0 aliphatic heterocycles. The third-order valence-corrected chi connectivity index (χ3v) is 3.14. The van der Waals surface area contributed by atoms with E-state index >= 15 is 0 Å². The van der Waals surface area contributed by atoms with Gasteiger partial charge < -0.3 is 16.0 Å². The van der Waals surface area contributed by atoms with Crippen LogP contribution >= 0.6 is 0 Å². The van der Waals surface area contributed by atoms with Gasteiger partial charge in [0.25, 0.3) is 0 Å². The van der Waals surface area contributed by atoms with E-state index in [2.05, 4.69) is 15.3 Å². The van der Waals surface area contributed by atoms with Crippen LogP contribution in [0.2, 0.25) is 0 Å². The van der Waals surface area contributed by atoms with Gasteiger partial charge in [0.15, 0.2) is 0 Å². The molecule has 0 aliphatic carbocycles. The number of rotatable bonds is 5. The standard InChI is InChI=1S/C15H27N5O/c1-7-8-17-11(21)9-20(6)13-10(2)12(16)18-14(19-13)15(3,4)5/h7-9H2,1-6H3,(H,17,21)(H2,16,18,19). The zero-order chi connectivity index (χ0) is 16.2. The Morgan fingerprint density at radius 1 is 1.33 bits per heavy atom. The van der Waals surface area contributed by atoms with Gasteiger partial charge in [-0.25, -0.2) is 9.97 Å². The van der Waals surface area contributed by atoms with E-state index < -0.39 is 0 Å². The Hall–Kier alpha value is -1.85. The number of likely N-dealkylation sites (N-methyl/N-ethyl adjacent to an activating group) is 1. The number of nitrogens with one attached hydrogen (secondary N) is 1. The molecule has 0 bridgehead atoms. The molecule has 1 amide bonds. The normalized spacial score (nSPS) is 11.3. The number of hydrogen-bond acceptors (Lipinski definition) is 5. The first-order valence-corrected chi connectivity index (χ1v) is 7.29. The van der Waals surface area contributed by atoms with Crippen molar-refractivity contribution >= 4 is 17.5 Å². The topological polar surface area (TPSA) is 84.1 Å². The molecule has 0 saturated heterocycles. The summed E-state index contributed by atoms with van der Waals surface area (Å²) in [7, 11) is 1.84. The second-order valence-electron chi connectivity index (χ2n) is 6.34. The first kappa shape index (κ1) is 17.2. The number of nitrogens with zero attached hydrogens (tertiary/aromatic N) is 3. The van der Waals surface area contributed by atoms with Gasteiger partial charge in [0.1, 0.15) is 17.5 Å². The van der Waals surface area contributed by atoms with Crippen LogP contribution in [0.4, 0.5) is 11.6 Å². The van der Waals surface area contributed by atoms with Crippen molar-refractivity contribution in [1.29, 1.82) is 0 Å². The number of hydrogen-bond donors (Lipinski definition) is 2. The Kier molecular flexibility index (Phi) is 5.52. The van der Waals surface area contributed by atoms with Crippen LogP contribution in [-0.4, -0.2) is 36.0 Å². The predicted octanol–water partition coefficient (Wildman–Crippen LogP) is 1.63. The highest BCUT2D eigenvalue weighted by Crippen LogP contribution is 2.26. The minimum atomic E-state index is -0.193. The Morgan fingerprint density at radius 3 is 2.48 bits per heavy atom. The monoisotopic (exact) mass is 293 g/mol. The maximum Gasteiger partial charge on any atom is 0.239 e. The van der Waals surface area contributed by atoms with Gasteiger partial charge >= 0.3 is 0 Å². The number of nitrogens with two attached hydrogens (primary N) is 1. The second-order valence-corrected chi connectivity index (χ2v) is 6.34. The maximum absolute atomic E-state index is 11.8. The molecule has 0 aromatic carbocycles. The zero-order valence-corrected chi connectivity index (χ0v) is 13.9. The molecule has 118 valence electrons. The van der Waals surface area contributed by atoms with E-state index in [4.69, 9.17) is 5.73 Å². The lowest BCUT2D eigenvalue weighted by Gasteiger charge is -2.24. The van der Waals surface area contributed by atoms with Crippen molar-refractivity contribution in [3.8, 4) is 0 Å². The highest BCUT2D eigenvalue weighted by atomic mass is 16.2. The second kappa shape index (κ2) is 6.74. The molecule has 0 unspecified atom stereocenters. The van der Waals surface area contributed by atoms with E-state index in [-0.39, 0.29) is 17.9 Å². The molecule has 0 aliphatic rings. The van der Waals surface area contributed by atoms with Crippen molar-refractivity contribution in [2.45, 2.75) is 46.5 Å². The van der Waals surface area contributed by atoms with Crippen LogP contribution in [0.15, 0.2) is 0 Å². The SMILES string of the molecule is CCCNC(=O)CN(C)c1nc(C(C)(C)C)nc(N)c1C. The summed E-state index contributed by atoms with van der Waals surface area (Å²) in [5.41, 5.74) is 6.60. The van der Waals surface area contributed by atoms with Gasteiger partial charge in [-0.05, 0) is 13.3 Å². The molecule has 1 rings (SSSR count). The van der Waals surface area contributed by atoms with Crippen molar-refractivity contribution in [2.24, 2.45) is 0 Å². The average Bonchev–Trinajstić information content (AvgIpc) is 2.37. The fraction of sp³-hybridized carbons (Fsp3) is 0.667. The summed E-state index contributed by atoms with van der Waals surface area (Å²) in [4.78, 5) is 22.6. The van der Waals surface area contributed by atoms with Gasteiger partial charge in [-0.2, -0.15) is 0 Å². The number of nitrogen functional groups attached to an aromatic ring is 1. The van der Waals surface area contributed by atoms with Crippen LogP contribution in [0.1, 0.15) is 45.5 Å². The molecule has 0 saturated carbocycles. The molecule has 0 radical (unpaired) electrons. The lowest BCUT2D eigenvalue weighted by atomic mass is 9.95. The summed E-state index contributed by atoms with van der Waals surface area (Å²) in [5, 5.41) is 2.86. The average molecular weight is 293 g/mol. The highest BCUT2D eigenvalue weighted by molar-refractivity contribution is 5.81.